The van der Waals surface area contributed by atoms with Crippen molar-refractivity contribution < 1.29 is 28.6 Å². The number of carbonyl (C=O) groups is 2. The number of benzene rings is 1. The highest BCUT2D eigenvalue weighted by Gasteiger charge is 2.43. The highest BCUT2D eigenvalue weighted by atomic mass is 19.1. The molecule has 1 aromatic carbocycles. The molecule has 4 aliphatic heterocycles. The van der Waals surface area contributed by atoms with Gasteiger partial charge in [0.25, 0.3) is 5.91 Å². The van der Waals surface area contributed by atoms with E-state index >= 15 is 4.39 Å². The number of rotatable bonds is 3. The van der Waals surface area contributed by atoms with Crippen LogP contribution in [0.3, 0.4) is 0 Å². The van der Waals surface area contributed by atoms with E-state index in [2.05, 4.69) is 9.97 Å². The number of fused-ring (bicyclic) bond motifs is 6. The van der Waals surface area contributed by atoms with E-state index in [1.54, 1.807) is 23.4 Å². The fourth-order valence-electron chi connectivity index (χ4n) is 5.90. The Morgan fingerprint density at radius 3 is 2.79 bits per heavy atom. The van der Waals surface area contributed by atoms with Crippen LogP contribution in [0.1, 0.15) is 49.1 Å². The average molecular weight is 517 g/mol. The Morgan fingerprint density at radius 2 is 1.97 bits per heavy atom. The Balaban J connectivity index is 1.19. The van der Waals surface area contributed by atoms with Crippen molar-refractivity contribution in [3.05, 3.63) is 59.3 Å². The van der Waals surface area contributed by atoms with Gasteiger partial charge in [-0.1, -0.05) is 0 Å². The maximum Gasteiger partial charge on any atom is 0.256 e. The quantitative estimate of drug-likeness (QED) is 0.570. The summed E-state index contributed by atoms with van der Waals surface area (Å²) in [5.74, 6) is 0.0282. The number of halogens is 1. The first-order valence-electron chi connectivity index (χ1n) is 12.8. The first kappa shape index (κ1) is 23.1. The summed E-state index contributed by atoms with van der Waals surface area (Å²) in [6.45, 7) is 2.74. The predicted octanol–water partition coefficient (Wildman–Crippen LogP) is 3.31. The third-order valence-electron chi connectivity index (χ3n) is 7.77. The third kappa shape index (κ3) is 3.54. The molecule has 0 spiro atoms. The molecular weight excluding hydrogens is 491 g/mol. The number of hydrogen-bond acceptors (Lipinski definition) is 7. The van der Waals surface area contributed by atoms with Crippen LogP contribution in [-0.4, -0.2) is 52.2 Å². The van der Waals surface area contributed by atoms with E-state index in [1.165, 1.54) is 11.0 Å². The summed E-state index contributed by atoms with van der Waals surface area (Å²) in [5, 5.41) is 10.0. The van der Waals surface area contributed by atoms with Crippen molar-refractivity contribution in [2.24, 2.45) is 0 Å². The summed E-state index contributed by atoms with van der Waals surface area (Å²) in [5.41, 5.74) is 4.70. The summed E-state index contributed by atoms with van der Waals surface area (Å²) in [6.07, 6.45) is 4.03. The Bertz CT molecular complexity index is 1510. The lowest BCUT2D eigenvalue weighted by Gasteiger charge is -2.31. The zero-order valence-electron chi connectivity index (χ0n) is 20.7. The van der Waals surface area contributed by atoms with Gasteiger partial charge in [0, 0.05) is 66.7 Å². The number of aliphatic hydroxyl groups is 1. The van der Waals surface area contributed by atoms with Crippen molar-refractivity contribution in [3.8, 4) is 22.8 Å². The molecule has 194 valence electrons. The minimum Gasteiger partial charge on any atom is -0.485 e. The Hall–Kier alpha value is -4.05. The first-order chi connectivity index (χ1) is 18.4. The lowest BCUT2D eigenvalue weighted by Crippen LogP contribution is -2.41. The maximum atomic E-state index is 15.1. The summed E-state index contributed by atoms with van der Waals surface area (Å²) >= 11 is 0. The number of ether oxygens (including phenoxy) is 2. The van der Waals surface area contributed by atoms with Gasteiger partial charge in [-0.25, -0.2) is 9.37 Å². The molecule has 1 N–H and O–H groups in total. The lowest BCUT2D eigenvalue weighted by atomic mass is 9.93. The molecule has 10 heteroatoms. The fraction of sp³-hybridized carbons (Fsp3) is 0.357. The summed E-state index contributed by atoms with van der Waals surface area (Å²) in [6, 6.07) is 6.64. The van der Waals surface area contributed by atoms with Crippen molar-refractivity contribution in [2.45, 2.75) is 50.9 Å². The van der Waals surface area contributed by atoms with Crippen LogP contribution in [0, 0.1) is 5.82 Å². The molecule has 0 saturated carbocycles. The molecule has 2 unspecified atom stereocenters. The predicted molar refractivity (Wildman–Crippen MR) is 135 cm³/mol. The molecule has 9 nitrogen and oxygen atoms in total. The number of amides is 2. The molecule has 0 radical (unpaired) electrons. The number of aromatic nitrogens is 2. The molecule has 38 heavy (non-hydrogen) atoms. The highest BCUT2D eigenvalue weighted by Crippen LogP contribution is 2.45. The van der Waals surface area contributed by atoms with Gasteiger partial charge in [0.05, 0.1) is 11.7 Å². The van der Waals surface area contributed by atoms with Crippen LogP contribution in [0.25, 0.3) is 11.1 Å². The molecular formula is C28H25FN4O5. The topological polar surface area (TPSA) is 105 Å². The second-order valence-corrected chi connectivity index (χ2v) is 10.2. The average Bonchev–Trinajstić information content (AvgIpc) is 3.46. The summed E-state index contributed by atoms with van der Waals surface area (Å²) in [7, 11) is 0. The van der Waals surface area contributed by atoms with Crippen LogP contribution in [0.5, 0.6) is 11.6 Å². The zero-order valence-corrected chi connectivity index (χ0v) is 20.7. The minimum atomic E-state index is -1.03. The van der Waals surface area contributed by atoms with Gasteiger partial charge in [0.1, 0.15) is 36.1 Å². The molecule has 0 aliphatic carbocycles. The van der Waals surface area contributed by atoms with Gasteiger partial charge in [-0.05, 0) is 37.1 Å². The van der Waals surface area contributed by atoms with Crippen LogP contribution in [-0.2, 0) is 16.0 Å². The van der Waals surface area contributed by atoms with Crippen LogP contribution >= 0.6 is 0 Å². The standard InChI is InChI=1S/C28H25FN4O5/c1-14-18-7-16(5-15-6-23-27(31-11-15)37-13-17-8-24(34)28(36)33(17)23)30-12-20(18)19-9-21(29)22(10-25(19)38-14)32-4-2-3-26(32)35/h6-7,9-12,14,17,24,34H,2-5,8,13H2,1H3/t14?,17-,24?/m0/s1. The molecule has 3 atom stereocenters. The van der Waals surface area contributed by atoms with Gasteiger partial charge in [-0.2, -0.15) is 0 Å². The first-order valence-corrected chi connectivity index (χ1v) is 12.8. The van der Waals surface area contributed by atoms with Crippen molar-refractivity contribution >= 4 is 23.2 Å². The molecule has 2 aromatic heterocycles. The van der Waals surface area contributed by atoms with Gasteiger partial charge < -0.3 is 19.5 Å². The van der Waals surface area contributed by atoms with Gasteiger partial charge in [0.15, 0.2) is 0 Å². The van der Waals surface area contributed by atoms with Crippen LogP contribution < -0.4 is 19.3 Å². The number of nitrogens with zero attached hydrogens (tertiary/aromatic N) is 4. The van der Waals surface area contributed by atoms with Gasteiger partial charge >= 0.3 is 0 Å². The molecule has 2 amide bonds. The normalized spacial score (nSPS) is 23.4. The number of pyridine rings is 2. The largest absolute Gasteiger partial charge is 0.485 e. The lowest BCUT2D eigenvalue weighted by molar-refractivity contribution is -0.124. The smallest absolute Gasteiger partial charge is 0.256 e. The SMILES string of the molecule is CC1Oc2cc(N3CCCC3=O)c(F)cc2-c2cnc(Cc3cnc4c(c3)N3C(=O)C(O)C[C@H]3CO4)cc21. The number of aliphatic hydroxyl groups excluding tert-OH is 1. The number of anilines is 2. The van der Waals surface area contributed by atoms with Crippen molar-refractivity contribution in [1.29, 1.82) is 0 Å². The molecule has 6 heterocycles. The zero-order chi connectivity index (χ0) is 26.1. The number of hydrogen-bond donors (Lipinski definition) is 1. The monoisotopic (exact) mass is 516 g/mol. The Kier molecular flexibility index (Phi) is 5.16. The second kappa shape index (κ2) is 8.49. The van der Waals surface area contributed by atoms with Crippen LogP contribution in [0.15, 0.2) is 36.7 Å². The fourth-order valence-corrected chi connectivity index (χ4v) is 5.90. The molecule has 2 saturated heterocycles. The maximum absolute atomic E-state index is 15.1. The van der Waals surface area contributed by atoms with E-state index < -0.39 is 11.9 Å². The van der Waals surface area contributed by atoms with Crippen molar-refractivity contribution in [1.82, 2.24) is 9.97 Å². The minimum absolute atomic E-state index is 0.0801. The van der Waals surface area contributed by atoms with E-state index in [9.17, 15) is 14.7 Å². The Labute approximate surface area is 217 Å². The number of carbonyl (C=O) groups excluding carboxylic acids is 2. The van der Waals surface area contributed by atoms with Crippen molar-refractivity contribution in [3.63, 3.8) is 0 Å². The van der Waals surface area contributed by atoms with E-state index in [0.29, 0.717) is 61.7 Å². The summed E-state index contributed by atoms with van der Waals surface area (Å²) in [4.78, 5) is 36.8. The molecule has 7 rings (SSSR count). The van der Waals surface area contributed by atoms with Gasteiger partial charge in [-0.15, -0.1) is 0 Å². The van der Waals surface area contributed by atoms with Gasteiger partial charge in [-0.3, -0.25) is 19.5 Å². The molecule has 2 fully saturated rings. The van der Waals surface area contributed by atoms with E-state index in [4.69, 9.17) is 9.47 Å². The van der Waals surface area contributed by atoms with Crippen LogP contribution in [0.4, 0.5) is 15.8 Å². The van der Waals surface area contributed by atoms with E-state index in [0.717, 1.165) is 22.4 Å². The Morgan fingerprint density at radius 1 is 1.11 bits per heavy atom. The molecule has 0 bridgehead atoms. The molecule has 4 aliphatic rings. The van der Waals surface area contributed by atoms with Crippen molar-refractivity contribution in [2.75, 3.05) is 23.0 Å². The van der Waals surface area contributed by atoms with E-state index in [1.807, 2.05) is 19.1 Å². The van der Waals surface area contributed by atoms with E-state index in [-0.39, 0.29) is 29.6 Å². The van der Waals surface area contributed by atoms with Gasteiger partial charge in [0.2, 0.25) is 11.8 Å². The molecule has 3 aromatic rings. The van der Waals surface area contributed by atoms with Crippen LogP contribution in [0.2, 0.25) is 0 Å². The highest BCUT2D eigenvalue weighted by molar-refractivity contribution is 6.01. The third-order valence-corrected chi connectivity index (χ3v) is 7.77. The second-order valence-electron chi connectivity index (χ2n) is 10.2. The summed E-state index contributed by atoms with van der Waals surface area (Å²) < 4.78 is 27.0.